The van der Waals surface area contributed by atoms with Gasteiger partial charge in [-0.25, -0.2) is 0 Å². The molecule has 0 spiro atoms. The number of benzene rings is 2. The molecule has 154 valence electrons. The average Bonchev–Trinajstić information content (AvgIpc) is 3.16. The topological polar surface area (TPSA) is 78.6 Å². The van der Waals surface area contributed by atoms with Crippen LogP contribution >= 0.6 is 0 Å². The van der Waals surface area contributed by atoms with Crippen molar-refractivity contribution in [1.29, 1.82) is 0 Å². The van der Waals surface area contributed by atoms with E-state index in [1.54, 1.807) is 18.2 Å². The van der Waals surface area contributed by atoms with E-state index < -0.39 is 13.2 Å². The highest BCUT2D eigenvalue weighted by molar-refractivity contribution is 5.61. The first-order valence-electron chi connectivity index (χ1n) is 8.19. The van der Waals surface area contributed by atoms with E-state index in [-0.39, 0.29) is 35.5 Å². The van der Waals surface area contributed by atoms with Gasteiger partial charge in [0, 0.05) is 5.56 Å². The molecule has 2 aromatic carbocycles. The van der Waals surface area contributed by atoms with Crippen molar-refractivity contribution >= 4 is 5.69 Å². The summed E-state index contributed by atoms with van der Waals surface area (Å²) >= 11 is 0. The van der Waals surface area contributed by atoms with Gasteiger partial charge in [0.15, 0.2) is 11.5 Å². The third kappa shape index (κ3) is 5.27. The lowest BCUT2D eigenvalue weighted by molar-refractivity contribution is -0.0514. The molecule has 0 radical (unpaired) electrons. The molecule has 0 amide bonds. The summed E-state index contributed by atoms with van der Waals surface area (Å²) in [5, 5.41) is 6.68. The second kappa shape index (κ2) is 9.13. The van der Waals surface area contributed by atoms with Gasteiger partial charge in [0.1, 0.15) is 5.75 Å². The van der Waals surface area contributed by atoms with Crippen LogP contribution < -0.4 is 19.5 Å². The van der Waals surface area contributed by atoms with Crippen LogP contribution in [0.15, 0.2) is 47.0 Å². The smallest absolute Gasteiger partial charge is 0.387 e. The number of para-hydroxylation sites is 2. The van der Waals surface area contributed by atoms with E-state index in [9.17, 15) is 17.6 Å². The predicted molar refractivity (Wildman–Crippen MR) is 93.3 cm³/mol. The molecule has 1 aromatic heterocycles. The van der Waals surface area contributed by atoms with Crippen LogP contribution in [-0.4, -0.2) is 30.5 Å². The first-order valence-corrected chi connectivity index (χ1v) is 8.19. The second-order valence-electron chi connectivity index (χ2n) is 5.48. The minimum absolute atomic E-state index is 0.0263. The van der Waals surface area contributed by atoms with Crippen LogP contribution in [0.4, 0.5) is 23.2 Å². The summed E-state index contributed by atoms with van der Waals surface area (Å²) in [5.41, 5.74) is 0.766. The summed E-state index contributed by atoms with van der Waals surface area (Å²) in [6, 6.07) is 10.3. The predicted octanol–water partition coefficient (Wildman–Crippen LogP) is 4.56. The Kier molecular flexibility index (Phi) is 6.37. The molecule has 0 saturated heterocycles. The van der Waals surface area contributed by atoms with Gasteiger partial charge >= 0.3 is 13.2 Å². The summed E-state index contributed by atoms with van der Waals surface area (Å²) in [6.07, 6.45) is 0. The molecule has 1 heterocycles. The lowest BCUT2D eigenvalue weighted by Gasteiger charge is -2.11. The number of methoxy groups -OCH3 is 1. The molecule has 0 bridgehead atoms. The Morgan fingerprint density at radius 3 is 2.41 bits per heavy atom. The molecule has 0 aliphatic rings. The van der Waals surface area contributed by atoms with E-state index >= 15 is 0 Å². The summed E-state index contributed by atoms with van der Waals surface area (Å²) in [5.74, 6) is 0.263. The van der Waals surface area contributed by atoms with Crippen molar-refractivity contribution in [1.82, 2.24) is 10.1 Å². The minimum Gasteiger partial charge on any atom is -0.493 e. The van der Waals surface area contributed by atoms with Gasteiger partial charge in [-0.3, -0.25) is 0 Å². The van der Waals surface area contributed by atoms with Crippen LogP contribution in [0.1, 0.15) is 5.89 Å². The van der Waals surface area contributed by atoms with Crippen molar-refractivity contribution in [3.8, 4) is 28.6 Å². The molecule has 3 aromatic rings. The Balaban J connectivity index is 1.72. The molecule has 0 fully saturated rings. The number of hydrogen-bond donors (Lipinski definition) is 1. The third-order valence-electron chi connectivity index (χ3n) is 3.64. The Morgan fingerprint density at radius 1 is 0.966 bits per heavy atom. The van der Waals surface area contributed by atoms with E-state index in [1.165, 1.54) is 31.4 Å². The fraction of sp³-hybridized carbons (Fsp3) is 0.222. The molecule has 0 saturated carbocycles. The maximum Gasteiger partial charge on any atom is 0.387 e. The summed E-state index contributed by atoms with van der Waals surface area (Å²) in [6.45, 7) is -5.91. The fourth-order valence-electron chi connectivity index (χ4n) is 2.43. The number of rotatable bonds is 9. The molecule has 7 nitrogen and oxygen atoms in total. The van der Waals surface area contributed by atoms with Crippen LogP contribution in [-0.2, 0) is 6.54 Å². The third-order valence-corrected chi connectivity index (χ3v) is 3.64. The lowest BCUT2D eigenvalue weighted by atomic mass is 10.2. The Hall–Kier alpha value is -3.50. The summed E-state index contributed by atoms with van der Waals surface area (Å²) < 4.78 is 68.7. The Bertz CT molecular complexity index is 952. The van der Waals surface area contributed by atoms with Gasteiger partial charge in [0.05, 0.1) is 19.3 Å². The van der Waals surface area contributed by atoms with E-state index in [4.69, 9.17) is 9.26 Å². The summed E-state index contributed by atoms with van der Waals surface area (Å²) in [7, 11) is 1.31. The highest BCUT2D eigenvalue weighted by atomic mass is 19.3. The van der Waals surface area contributed by atoms with E-state index in [0.717, 1.165) is 0 Å². The first-order chi connectivity index (χ1) is 14.0. The number of nitrogens with zero attached hydrogens (tertiary/aromatic N) is 2. The van der Waals surface area contributed by atoms with Gasteiger partial charge in [-0.1, -0.05) is 17.3 Å². The Morgan fingerprint density at radius 2 is 1.69 bits per heavy atom. The maximum absolute atomic E-state index is 12.5. The van der Waals surface area contributed by atoms with Crippen LogP contribution in [0.5, 0.6) is 17.2 Å². The number of anilines is 1. The van der Waals surface area contributed by atoms with Crippen LogP contribution in [0.2, 0.25) is 0 Å². The van der Waals surface area contributed by atoms with Gasteiger partial charge in [0.25, 0.3) is 0 Å². The number of aromatic nitrogens is 2. The monoisotopic (exact) mass is 413 g/mol. The SMILES string of the molecule is COc1cc(-c2noc(CNc3ccccc3OC(F)F)n2)ccc1OC(F)F. The molecular weight excluding hydrogens is 398 g/mol. The number of halogens is 4. The van der Waals surface area contributed by atoms with Crippen LogP contribution in [0.25, 0.3) is 11.4 Å². The van der Waals surface area contributed by atoms with Crippen LogP contribution in [0, 0.1) is 0 Å². The number of alkyl halides is 4. The van der Waals surface area contributed by atoms with Crippen molar-refractivity contribution in [2.45, 2.75) is 19.8 Å². The number of nitrogens with one attached hydrogen (secondary N) is 1. The number of ether oxygens (including phenoxy) is 3. The van der Waals surface area contributed by atoms with Crippen molar-refractivity contribution < 1.29 is 36.3 Å². The lowest BCUT2D eigenvalue weighted by Crippen LogP contribution is -2.06. The van der Waals surface area contributed by atoms with Crippen LogP contribution in [0.3, 0.4) is 0 Å². The zero-order valence-electron chi connectivity index (χ0n) is 14.9. The van der Waals surface area contributed by atoms with Crippen molar-refractivity contribution in [2.24, 2.45) is 0 Å². The van der Waals surface area contributed by atoms with Gasteiger partial charge < -0.3 is 24.1 Å². The largest absolute Gasteiger partial charge is 0.493 e. The quantitative estimate of drug-likeness (QED) is 0.515. The van der Waals surface area contributed by atoms with E-state index in [0.29, 0.717) is 11.3 Å². The van der Waals surface area contributed by atoms with Crippen molar-refractivity contribution in [2.75, 3.05) is 12.4 Å². The highest BCUT2D eigenvalue weighted by Crippen LogP contribution is 2.32. The van der Waals surface area contributed by atoms with E-state index in [2.05, 4.69) is 24.9 Å². The van der Waals surface area contributed by atoms with E-state index in [1.807, 2.05) is 0 Å². The summed E-state index contributed by atoms with van der Waals surface area (Å²) in [4.78, 5) is 4.18. The van der Waals surface area contributed by atoms with Gasteiger partial charge in [0.2, 0.25) is 11.7 Å². The Labute approximate surface area is 162 Å². The second-order valence-corrected chi connectivity index (χ2v) is 5.48. The molecule has 29 heavy (non-hydrogen) atoms. The maximum atomic E-state index is 12.5. The molecule has 11 heteroatoms. The van der Waals surface area contributed by atoms with Gasteiger partial charge in [-0.2, -0.15) is 22.5 Å². The molecular formula is C18H15F4N3O4. The molecule has 0 unspecified atom stereocenters. The van der Waals surface area contributed by atoms with Crippen molar-refractivity contribution in [3.05, 3.63) is 48.4 Å². The standard InChI is InChI=1S/C18H15F4N3O4/c1-26-14-8-10(6-7-13(14)28-18(21)22)16-24-15(29-25-16)9-23-11-4-2-3-5-12(11)27-17(19)20/h2-8,17-18,23H,9H2,1H3. The average molecular weight is 413 g/mol. The zero-order valence-corrected chi connectivity index (χ0v) is 14.9. The fourth-order valence-corrected chi connectivity index (χ4v) is 2.43. The molecule has 1 N–H and O–H groups in total. The molecule has 0 aliphatic heterocycles. The molecule has 3 rings (SSSR count). The zero-order chi connectivity index (χ0) is 20.8. The molecule has 0 atom stereocenters. The van der Waals surface area contributed by atoms with Gasteiger partial charge in [-0.15, -0.1) is 0 Å². The normalized spacial score (nSPS) is 11.0. The van der Waals surface area contributed by atoms with Gasteiger partial charge in [-0.05, 0) is 30.3 Å². The first kappa shape index (κ1) is 20.2. The minimum atomic E-state index is -2.99. The highest BCUT2D eigenvalue weighted by Gasteiger charge is 2.15. The number of hydrogen-bond acceptors (Lipinski definition) is 7. The molecule has 0 aliphatic carbocycles. The van der Waals surface area contributed by atoms with Crippen molar-refractivity contribution in [3.63, 3.8) is 0 Å².